The lowest BCUT2D eigenvalue weighted by Gasteiger charge is -2.05. The number of fused-ring (bicyclic) bond motifs is 1. The highest BCUT2D eigenvalue weighted by atomic mass is 32.2. The van der Waals surface area contributed by atoms with Crippen LogP contribution in [0.25, 0.3) is 11.0 Å². The Hall–Kier alpha value is -2.06. The zero-order valence-electron chi connectivity index (χ0n) is 11.5. The molecule has 1 aromatic carbocycles. The van der Waals surface area contributed by atoms with E-state index in [1.165, 1.54) is 0 Å². The second-order valence-corrected chi connectivity index (χ2v) is 6.41. The highest BCUT2D eigenvalue weighted by Gasteiger charge is 2.14. The van der Waals surface area contributed by atoms with Gasteiger partial charge in [0.2, 0.25) is 10.0 Å². The molecule has 21 heavy (non-hydrogen) atoms. The van der Waals surface area contributed by atoms with Gasteiger partial charge in [0.05, 0.1) is 5.75 Å². The van der Waals surface area contributed by atoms with Gasteiger partial charge >= 0.3 is 0 Å². The van der Waals surface area contributed by atoms with E-state index >= 15 is 0 Å². The second-order valence-electron chi connectivity index (χ2n) is 4.48. The van der Waals surface area contributed by atoms with E-state index in [2.05, 4.69) is 10.0 Å². The molecule has 0 atom stereocenters. The number of rotatable bonds is 6. The minimum Gasteiger partial charge on any atom is -0.451 e. The first-order valence-electron chi connectivity index (χ1n) is 6.46. The summed E-state index contributed by atoms with van der Waals surface area (Å²) < 4.78 is 30.6. The van der Waals surface area contributed by atoms with Crippen molar-refractivity contribution in [3.8, 4) is 0 Å². The third kappa shape index (κ3) is 3.96. The van der Waals surface area contributed by atoms with Gasteiger partial charge in [0.15, 0.2) is 5.76 Å². The Balaban J connectivity index is 1.99. The third-order valence-corrected chi connectivity index (χ3v) is 4.25. The van der Waals surface area contributed by atoms with E-state index in [4.69, 9.17) is 10.2 Å². The van der Waals surface area contributed by atoms with Crippen LogP contribution < -0.4 is 15.8 Å². The Morgan fingerprint density at radius 2 is 2.10 bits per heavy atom. The molecule has 0 aliphatic heterocycles. The zero-order chi connectivity index (χ0) is 15.5. The number of amides is 1. The molecule has 2 aromatic rings. The van der Waals surface area contributed by atoms with Gasteiger partial charge in [0.25, 0.3) is 5.91 Å². The highest BCUT2D eigenvalue weighted by molar-refractivity contribution is 7.89. The summed E-state index contributed by atoms with van der Waals surface area (Å²) in [6, 6.07) is 6.62. The molecule has 0 aliphatic carbocycles. The minimum atomic E-state index is -3.35. The number of carbonyl (C=O) groups excluding carboxylic acids is 1. The second kappa shape index (κ2) is 6.15. The van der Waals surface area contributed by atoms with Crippen LogP contribution in [0.1, 0.15) is 17.5 Å². The predicted octanol–water partition coefficient (Wildman–Crippen LogP) is 0.684. The Kier molecular flexibility index (Phi) is 4.49. The van der Waals surface area contributed by atoms with Crippen LogP contribution in [0.2, 0.25) is 0 Å². The fourth-order valence-electron chi connectivity index (χ4n) is 1.85. The van der Waals surface area contributed by atoms with Crippen LogP contribution in [0.3, 0.4) is 0 Å². The molecule has 7 nitrogen and oxygen atoms in total. The molecular weight excluding hydrogens is 294 g/mol. The molecule has 4 N–H and O–H groups in total. The van der Waals surface area contributed by atoms with Crippen molar-refractivity contribution < 1.29 is 17.6 Å². The summed E-state index contributed by atoms with van der Waals surface area (Å²) in [4.78, 5) is 11.9. The van der Waals surface area contributed by atoms with Crippen molar-refractivity contribution in [1.29, 1.82) is 0 Å². The number of hydrogen-bond donors (Lipinski definition) is 3. The van der Waals surface area contributed by atoms with Gasteiger partial charge in [-0.3, -0.25) is 4.79 Å². The number of nitrogens with one attached hydrogen (secondary N) is 2. The lowest BCUT2D eigenvalue weighted by atomic mass is 10.2. The third-order valence-electron chi connectivity index (χ3n) is 2.78. The smallest absolute Gasteiger partial charge is 0.287 e. The fourth-order valence-corrected chi connectivity index (χ4v) is 2.81. The molecule has 0 spiro atoms. The number of hydrogen-bond acceptors (Lipinski definition) is 5. The van der Waals surface area contributed by atoms with Crippen molar-refractivity contribution in [3.05, 3.63) is 30.0 Å². The Labute approximate surface area is 122 Å². The van der Waals surface area contributed by atoms with Gasteiger partial charge in [0.1, 0.15) is 5.58 Å². The largest absolute Gasteiger partial charge is 0.451 e. The number of carbonyl (C=O) groups is 1. The standard InChI is InChI=1S/C13H17N3O4S/c1-2-16-21(18,19)6-5-15-13(17)12-8-9-7-10(14)3-4-11(9)20-12/h3-4,7-8,16H,2,5-6,14H2,1H3,(H,15,17). The first kappa shape index (κ1) is 15.3. The van der Waals surface area contributed by atoms with Gasteiger partial charge < -0.3 is 15.5 Å². The van der Waals surface area contributed by atoms with Crippen LogP contribution in [0, 0.1) is 0 Å². The number of anilines is 1. The van der Waals surface area contributed by atoms with Gasteiger partial charge in [-0.1, -0.05) is 6.92 Å². The van der Waals surface area contributed by atoms with E-state index in [0.29, 0.717) is 17.8 Å². The monoisotopic (exact) mass is 311 g/mol. The molecule has 114 valence electrons. The summed E-state index contributed by atoms with van der Waals surface area (Å²) in [7, 11) is -3.35. The topological polar surface area (TPSA) is 114 Å². The van der Waals surface area contributed by atoms with E-state index in [-0.39, 0.29) is 18.1 Å². The van der Waals surface area contributed by atoms with Gasteiger partial charge in [-0.25, -0.2) is 13.1 Å². The molecule has 0 bridgehead atoms. The number of benzene rings is 1. The van der Waals surface area contributed by atoms with E-state index in [9.17, 15) is 13.2 Å². The van der Waals surface area contributed by atoms with Crippen molar-refractivity contribution in [2.45, 2.75) is 6.92 Å². The van der Waals surface area contributed by atoms with Gasteiger partial charge in [-0.2, -0.15) is 0 Å². The quantitative estimate of drug-likeness (QED) is 0.679. The van der Waals surface area contributed by atoms with Crippen LogP contribution >= 0.6 is 0 Å². The molecule has 8 heteroatoms. The van der Waals surface area contributed by atoms with Crippen molar-refractivity contribution in [2.24, 2.45) is 0 Å². The number of nitrogens with two attached hydrogens (primary N) is 1. The van der Waals surface area contributed by atoms with E-state index in [1.807, 2.05) is 0 Å². The Bertz CT molecular complexity index is 752. The van der Waals surface area contributed by atoms with Gasteiger partial charge in [0, 0.05) is 24.2 Å². The summed E-state index contributed by atoms with van der Waals surface area (Å²) in [6.45, 7) is 2.02. The zero-order valence-corrected chi connectivity index (χ0v) is 12.4. The minimum absolute atomic E-state index is 0.00729. The fraction of sp³-hybridized carbons (Fsp3) is 0.308. The number of nitrogen functional groups attached to an aromatic ring is 1. The van der Waals surface area contributed by atoms with Crippen LogP contribution in [0.4, 0.5) is 5.69 Å². The average molecular weight is 311 g/mol. The van der Waals surface area contributed by atoms with E-state index in [1.54, 1.807) is 31.2 Å². The molecule has 0 unspecified atom stereocenters. The van der Waals surface area contributed by atoms with Gasteiger partial charge in [-0.05, 0) is 24.3 Å². The lowest BCUT2D eigenvalue weighted by molar-refractivity contribution is 0.0930. The van der Waals surface area contributed by atoms with Crippen LogP contribution in [0.5, 0.6) is 0 Å². The molecule has 0 fully saturated rings. The average Bonchev–Trinajstić information content (AvgIpc) is 2.81. The molecule has 1 amide bonds. The summed E-state index contributed by atoms with van der Waals surface area (Å²) in [5, 5.41) is 3.23. The van der Waals surface area contributed by atoms with Gasteiger partial charge in [-0.15, -0.1) is 0 Å². The molecule has 0 saturated carbocycles. The summed E-state index contributed by atoms with van der Waals surface area (Å²) in [5.41, 5.74) is 6.78. The van der Waals surface area contributed by atoms with E-state index < -0.39 is 15.9 Å². The maximum Gasteiger partial charge on any atom is 0.287 e. The first-order chi connectivity index (χ1) is 9.91. The van der Waals surface area contributed by atoms with E-state index in [0.717, 1.165) is 5.39 Å². The summed E-state index contributed by atoms with van der Waals surface area (Å²) in [6.07, 6.45) is 0. The maximum absolute atomic E-state index is 11.9. The van der Waals surface area contributed by atoms with Crippen LogP contribution in [-0.4, -0.2) is 33.2 Å². The molecule has 2 rings (SSSR count). The number of sulfonamides is 1. The highest BCUT2D eigenvalue weighted by Crippen LogP contribution is 2.21. The van der Waals surface area contributed by atoms with Crippen LogP contribution in [0.15, 0.2) is 28.7 Å². The maximum atomic E-state index is 11.9. The molecule has 0 aliphatic rings. The summed E-state index contributed by atoms with van der Waals surface area (Å²) >= 11 is 0. The lowest BCUT2D eigenvalue weighted by Crippen LogP contribution is -2.34. The first-order valence-corrected chi connectivity index (χ1v) is 8.11. The Morgan fingerprint density at radius 3 is 2.81 bits per heavy atom. The Morgan fingerprint density at radius 1 is 1.33 bits per heavy atom. The molecule has 1 heterocycles. The SMILES string of the molecule is CCNS(=O)(=O)CCNC(=O)c1cc2cc(N)ccc2o1. The van der Waals surface area contributed by atoms with Crippen LogP contribution in [-0.2, 0) is 10.0 Å². The molecule has 1 aromatic heterocycles. The summed E-state index contributed by atoms with van der Waals surface area (Å²) in [5.74, 6) is -0.521. The molecular formula is C13H17N3O4S. The van der Waals surface area contributed by atoms with Crippen molar-refractivity contribution in [1.82, 2.24) is 10.0 Å². The molecule has 0 radical (unpaired) electrons. The van der Waals surface area contributed by atoms with Crippen molar-refractivity contribution in [2.75, 3.05) is 24.6 Å². The predicted molar refractivity (Wildman–Crippen MR) is 80.4 cm³/mol. The van der Waals surface area contributed by atoms with Crippen molar-refractivity contribution in [3.63, 3.8) is 0 Å². The normalized spacial score (nSPS) is 11.7. The molecule has 0 saturated heterocycles. The number of furan rings is 1. The van der Waals surface area contributed by atoms with Crippen molar-refractivity contribution >= 4 is 32.6 Å².